The minimum absolute atomic E-state index is 0.109. The van der Waals surface area contributed by atoms with Gasteiger partial charge in [0.1, 0.15) is 12.4 Å². The zero-order chi connectivity index (χ0) is 20.4. The number of hydrogen-bond acceptors (Lipinski definition) is 5. The molecule has 1 aromatic heterocycles. The molecule has 0 bridgehead atoms. The first-order chi connectivity index (χ1) is 14.0. The van der Waals surface area contributed by atoms with Gasteiger partial charge in [0.25, 0.3) is 5.91 Å². The molecule has 6 nitrogen and oxygen atoms in total. The minimum atomic E-state index is -0.400. The smallest absolute Gasteiger partial charge is 0.251 e. The van der Waals surface area contributed by atoms with Crippen LogP contribution in [0.3, 0.4) is 0 Å². The van der Waals surface area contributed by atoms with Crippen molar-refractivity contribution in [3.63, 3.8) is 0 Å². The highest BCUT2D eigenvalue weighted by atomic mass is 32.1. The standard InChI is InChI=1S/C21H19FN4O2S/c1-25-19-11-15(22)6-9-18(19)26(13-20(25)27)24-16-7-4-14(5-8-16)21(28)23-12-17-3-2-10-29-17/h2-11,24H,12-13H2,1H3,(H,23,28). The molecule has 0 saturated heterocycles. The molecule has 0 atom stereocenters. The molecular formula is C21H19FN4O2S. The number of benzene rings is 2. The van der Waals surface area contributed by atoms with E-state index in [1.54, 1.807) is 53.7 Å². The van der Waals surface area contributed by atoms with Gasteiger partial charge in [-0.1, -0.05) is 6.07 Å². The molecule has 0 aliphatic carbocycles. The van der Waals surface area contributed by atoms with Crippen LogP contribution in [-0.2, 0) is 11.3 Å². The molecule has 2 N–H and O–H groups in total. The third kappa shape index (κ3) is 4.07. The Morgan fingerprint density at radius 3 is 2.66 bits per heavy atom. The van der Waals surface area contributed by atoms with E-state index in [0.717, 1.165) is 4.88 Å². The van der Waals surface area contributed by atoms with Crippen molar-refractivity contribution in [1.29, 1.82) is 0 Å². The molecule has 0 radical (unpaired) electrons. The van der Waals surface area contributed by atoms with Gasteiger partial charge in [0.05, 0.1) is 23.6 Å². The molecule has 1 aliphatic rings. The van der Waals surface area contributed by atoms with Crippen LogP contribution in [0.2, 0.25) is 0 Å². The first-order valence-electron chi connectivity index (χ1n) is 9.02. The summed E-state index contributed by atoms with van der Waals surface area (Å²) in [6.07, 6.45) is 0. The molecule has 0 unspecified atom stereocenters. The van der Waals surface area contributed by atoms with E-state index in [0.29, 0.717) is 29.2 Å². The Hall–Kier alpha value is -3.39. The fraction of sp³-hybridized carbons (Fsp3) is 0.143. The number of likely N-dealkylation sites (N-methyl/N-ethyl adjacent to an activating group) is 1. The quantitative estimate of drug-likeness (QED) is 0.674. The van der Waals surface area contributed by atoms with Crippen molar-refractivity contribution in [2.75, 3.05) is 28.9 Å². The summed E-state index contributed by atoms with van der Waals surface area (Å²) < 4.78 is 13.6. The number of hydrazine groups is 1. The lowest BCUT2D eigenvalue weighted by Crippen LogP contribution is -2.46. The first-order valence-corrected chi connectivity index (χ1v) is 9.90. The molecule has 2 heterocycles. The van der Waals surface area contributed by atoms with Crippen LogP contribution < -0.4 is 20.7 Å². The van der Waals surface area contributed by atoms with Crippen molar-refractivity contribution in [3.8, 4) is 0 Å². The molecule has 2 amide bonds. The maximum atomic E-state index is 13.6. The Morgan fingerprint density at radius 2 is 1.93 bits per heavy atom. The maximum Gasteiger partial charge on any atom is 0.251 e. The van der Waals surface area contributed by atoms with Crippen molar-refractivity contribution >= 4 is 40.2 Å². The summed E-state index contributed by atoms with van der Waals surface area (Å²) in [5.41, 5.74) is 5.62. The van der Waals surface area contributed by atoms with Gasteiger partial charge in [-0.15, -0.1) is 11.3 Å². The molecular weight excluding hydrogens is 391 g/mol. The van der Waals surface area contributed by atoms with Crippen LogP contribution in [0, 0.1) is 5.82 Å². The number of hydrogen-bond donors (Lipinski definition) is 2. The van der Waals surface area contributed by atoms with Crippen molar-refractivity contribution in [2.24, 2.45) is 0 Å². The highest BCUT2D eigenvalue weighted by molar-refractivity contribution is 7.09. The fourth-order valence-corrected chi connectivity index (χ4v) is 3.73. The van der Waals surface area contributed by atoms with E-state index in [4.69, 9.17) is 0 Å². The number of rotatable bonds is 5. The van der Waals surface area contributed by atoms with Crippen molar-refractivity contribution in [3.05, 3.63) is 76.2 Å². The van der Waals surface area contributed by atoms with Gasteiger partial charge in [0.15, 0.2) is 0 Å². The number of carbonyl (C=O) groups is 2. The number of amides is 2. The summed E-state index contributed by atoms with van der Waals surface area (Å²) in [6, 6.07) is 15.2. The van der Waals surface area contributed by atoms with E-state index >= 15 is 0 Å². The number of fused-ring (bicyclic) bond motifs is 1. The summed E-state index contributed by atoms with van der Waals surface area (Å²) in [6.45, 7) is 0.603. The van der Waals surface area contributed by atoms with Crippen LogP contribution in [0.25, 0.3) is 0 Å². The van der Waals surface area contributed by atoms with E-state index in [-0.39, 0.29) is 18.4 Å². The van der Waals surface area contributed by atoms with Crippen LogP contribution in [0.4, 0.5) is 21.5 Å². The number of anilines is 3. The molecule has 8 heteroatoms. The maximum absolute atomic E-state index is 13.6. The Labute approximate surface area is 171 Å². The third-order valence-corrected chi connectivity index (χ3v) is 5.55. The van der Waals surface area contributed by atoms with Crippen molar-refractivity contribution in [2.45, 2.75) is 6.54 Å². The Balaban J connectivity index is 1.45. The lowest BCUT2D eigenvalue weighted by Gasteiger charge is -2.36. The molecule has 0 fully saturated rings. The Bertz CT molecular complexity index is 1040. The molecule has 4 rings (SSSR count). The fourth-order valence-electron chi connectivity index (χ4n) is 3.09. The number of halogens is 1. The molecule has 29 heavy (non-hydrogen) atoms. The van der Waals surface area contributed by atoms with Crippen LogP contribution in [0.15, 0.2) is 60.0 Å². The highest BCUT2D eigenvalue weighted by Gasteiger charge is 2.27. The molecule has 1 aliphatic heterocycles. The zero-order valence-electron chi connectivity index (χ0n) is 15.7. The van der Waals surface area contributed by atoms with Gasteiger partial charge in [-0.25, -0.2) is 4.39 Å². The predicted octanol–water partition coefficient (Wildman–Crippen LogP) is 3.63. The van der Waals surface area contributed by atoms with E-state index in [2.05, 4.69) is 10.7 Å². The largest absolute Gasteiger partial charge is 0.347 e. The summed E-state index contributed by atoms with van der Waals surface area (Å²) >= 11 is 1.59. The Morgan fingerprint density at radius 1 is 1.14 bits per heavy atom. The monoisotopic (exact) mass is 410 g/mol. The summed E-state index contributed by atoms with van der Waals surface area (Å²) in [5.74, 6) is -0.705. The predicted molar refractivity (Wildman–Crippen MR) is 113 cm³/mol. The van der Waals surface area contributed by atoms with E-state index in [1.165, 1.54) is 17.0 Å². The summed E-state index contributed by atoms with van der Waals surface area (Å²) in [7, 11) is 1.63. The summed E-state index contributed by atoms with van der Waals surface area (Å²) in [4.78, 5) is 27.1. The van der Waals surface area contributed by atoms with Gasteiger partial charge in [0, 0.05) is 17.5 Å². The lowest BCUT2D eigenvalue weighted by atomic mass is 10.1. The lowest BCUT2D eigenvalue weighted by molar-refractivity contribution is -0.117. The highest BCUT2D eigenvalue weighted by Crippen LogP contribution is 2.33. The van der Waals surface area contributed by atoms with Crippen LogP contribution in [0.1, 0.15) is 15.2 Å². The van der Waals surface area contributed by atoms with E-state index in [9.17, 15) is 14.0 Å². The SMILES string of the molecule is CN1C(=O)CN(Nc2ccc(C(=O)NCc3cccs3)cc2)c2ccc(F)cc21. The minimum Gasteiger partial charge on any atom is -0.347 e. The number of thiophene rings is 1. The van der Waals surface area contributed by atoms with Crippen LogP contribution >= 0.6 is 11.3 Å². The number of carbonyl (C=O) groups excluding carboxylic acids is 2. The van der Waals surface area contributed by atoms with Crippen molar-refractivity contribution in [1.82, 2.24) is 5.32 Å². The third-order valence-electron chi connectivity index (χ3n) is 4.67. The normalized spacial score (nSPS) is 13.2. The van der Waals surface area contributed by atoms with Crippen LogP contribution in [0.5, 0.6) is 0 Å². The van der Waals surface area contributed by atoms with Gasteiger partial charge in [-0.3, -0.25) is 20.0 Å². The molecule has 3 aromatic rings. The van der Waals surface area contributed by atoms with Crippen LogP contribution in [-0.4, -0.2) is 25.4 Å². The first kappa shape index (κ1) is 18.9. The number of nitrogens with one attached hydrogen (secondary N) is 2. The summed E-state index contributed by atoms with van der Waals surface area (Å²) in [5, 5.41) is 6.53. The number of nitrogens with zero attached hydrogens (tertiary/aromatic N) is 2. The van der Waals surface area contributed by atoms with E-state index in [1.807, 2.05) is 17.5 Å². The van der Waals surface area contributed by atoms with Gasteiger partial charge >= 0.3 is 0 Å². The molecule has 0 spiro atoms. The second-order valence-corrected chi connectivity index (χ2v) is 7.66. The Kier molecular flexibility index (Phi) is 5.18. The van der Waals surface area contributed by atoms with Gasteiger partial charge in [0.2, 0.25) is 5.91 Å². The average Bonchev–Trinajstić information content (AvgIpc) is 3.24. The van der Waals surface area contributed by atoms with Gasteiger partial charge < -0.3 is 10.2 Å². The molecule has 0 saturated carbocycles. The second-order valence-electron chi connectivity index (χ2n) is 6.62. The zero-order valence-corrected chi connectivity index (χ0v) is 16.5. The molecule has 2 aromatic carbocycles. The topological polar surface area (TPSA) is 64.7 Å². The average molecular weight is 410 g/mol. The van der Waals surface area contributed by atoms with Crippen molar-refractivity contribution < 1.29 is 14.0 Å². The second kappa shape index (κ2) is 7.92. The van der Waals surface area contributed by atoms with Gasteiger partial charge in [-0.2, -0.15) is 0 Å². The van der Waals surface area contributed by atoms with Gasteiger partial charge in [-0.05, 0) is 53.9 Å². The molecule has 148 valence electrons. The van der Waals surface area contributed by atoms with E-state index < -0.39 is 5.82 Å².